The second kappa shape index (κ2) is 7.48. The van der Waals surface area contributed by atoms with Gasteiger partial charge in [-0.05, 0) is 39.8 Å². The van der Waals surface area contributed by atoms with E-state index in [1.54, 1.807) is 17.8 Å². The Morgan fingerprint density at radius 3 is 2.50 bits per heavy atom. The third-order valence-corrected chi connectivity index (χ3v) is 3.98. The van der Waals surface area contributed by atoms with Crippen molar-refractivity contribution < 1.29 is 9.59 Å². The van der Waals surface area contributed by atoms with E-state index in [0.717, 1.165) is 5.69 Å². The number of thioether (sulfide) groups is 1. The van der Waals surface area contributed by atoms with E-state index in [2.05, 4.69) is 20.8 Å². The van der Waals surface area contributed by atoms with Crippen LogP contribution in [0.4, 0.5) is 4.79 Å². The Morgan fingerprint density at radius 2 is 1.88 bits per heavy atom. The van der Waals surface area contributed by atoms with Crippen LogP contribution < -0.4 is 10.6 Å². The number of amides is 3. The number of carbonyl (C=O) groups excluding carboxylic acids is 2. The fourth-order valence-corrected chi connectivity index (χ4v) is 2.71. The summed E-state index contributed by atoms with van der Waals surface area (Å²) in [5.74, 6) is -0.385. The molecule has 0 aliphatic rings. The Hall–Kier alpha value is -2.35. The first-order chi connectivity index (χ1) is 11.3. The second-order valence-corrected chi connectivity index (χ2v) is 7.58. The van der Waals surface area contributed by atoms with Crippen molar-refractivity contribution in [2.45, 2.75) is 43.6 Å². The number of urea groups is 1. The Bertz CT molecular complexity index is 709. The fraction of sp³-hybridized carbons (Fsp3) is 0.375. The number of nitrogens with one attached hydrogen (secondary N) is 2. The highest BCUT2D eigenvalue weighted by Gasteiger charge is 2.22. The lowest BCUT2D eigenvalue weighted by molar-refractivity contribution is -0.119. The highest BCUT2D eigenvalue weighted by molar-refractivity contribution is 8.00. The molecular formula is C16H21N5O2S. The summed E-state index contributed by atoms with van der Waals surface area (Å²) in [5.41, 5.74) is 0.497. The molecule has 3 amide bonds. The Morgan fingerprint density at radius 1 is 1.21 bits per heavy atom. The van der Waals surface area contributed by atoms with Gasteiger partial charge in [-0.15, -0.1) is 10.2 Å². The quantitative estimate of drug-likeness (QED) is 0.829. The SMILES string of the molecule is C[C@H](Sc1nncn1-c1ccccc1)C(=O)NC(=O)NC(C)(C)C. The van der Waals surface area contributed by atoms with E-state index in [9.17, 15) is 9.59 Å². The maximum atomic E-state index is 12.2. The minimum atomic E-state index is -0.510. The van der Waals surface area contributed by atoms with Crippen LogP contribution in [0.15, 0.2) is 41.8 Å². The average molecular weight is 347 g/mol. The summed E-state index contributed by atoms with van der Waals surface area (Å²) in [6, 6.07) is 9.09. The van der Waals surface area contributed by atoms with Crippen molar-refractivity contribution in [1.82, 2.24) is 25.4 Å². The Kier molecular flexibility index (Phi) is 5.61. The van der Waals surface area contributed by atoms with Crippen LogP contribution in [0.3, 0.4) is 0 Å². The molecule has 8 heteroatoms. The molecule has 128 valence electrons. The molecule has 2 rings (SSSR count). The van der Waals surface area contributed by atoms with Crippen LogP contribution in [0.5, 0.6) is 0 Å². The monoisotopic (exact) mass is 347 g/mol. The smallest absolute Gasteiger partial charge is 0.321 e. The minimum absolute atomic E-state index is 0.385. The number of rotatable bonds is 4. The Labute approximate surface area is 145 Å². The van der Waals surface area contributed by atoms with Gasteiger partial charge in [0.05, 0.1) is 5.25 Å². The molecular weight excluding hydrogens is 326 g/mol. The number of nitrogens with zero attached hydrogens (tertiary/aromatic N) is 3. The molecule has 0 unspecified atom stereocenters. The highest BCUT2D eigenvalue weighted by Crippen LogP contribution is 2.23. The van der Waals surface area contributed by atoms with Gasteiger partial charge in [0.1, 0.15) is 6.33 Å². The molecule has 7 nitrogen and oxygen atoms in total. The Balaban J connectivity index is 2.00. The number of para-hydroxylation sites is 1. The molecule has 1 heterocycles. The lowest BCUT2D eigenvalue weighted by atomic mass is 10.1. The molecule has 0 fully saturated rings. The second-order valence-electron chi connectivity index (χ2n) is 6.27. The van der Waals surface area contributed by atoms with E-state index in [1.165, 1.54) is 11.8 Å². The van der Waals surface area contributed by atoms with E-state index in [-0.39, 0.29) is 5.91 Å². The van der Waals surface area contributed by atoms with Gasteiger partial charge in [-0.3, -0.25) is 14.7 Å². The lowest BCUT2D eigenvalue weighted by Crippen LogP contribution is -2.49. The van der Waals surface area contributed by atoms with Crippen molar-refractivity contribution in [3.05, 3.63) is 36.7 Å². The number of hydrogen-bond donors (Lipinski definition) is 2. The van der Waals surface area contributed by atoms with Gasteiger partial charge < -0.3 is 5.32 Å². The van der Waals surface area contributed by atoms with Gasteiger partial charge in [-0.2, -0.15) is 0 Å². The van der Waals surface area contributed by atoms with Crippen LogP contribution in [0.1, 0.15) is 27.7 Å². The van der Waals surface area contributed by atoms with Crippen LogP contribution in [-0.2, 0) is 4.79 Å². The van der Waals surface area contributed by atoms with E-state index in [0.29, 0.717) is 5.16 Å². The molecule has 0 saturated carbocycles. The lowest BCUT2D eigenvalue weighted by Gasteiger charge is -2.21. The zero-order valence-corrected chi connectivity index (χ0v) is 14.9. The molecule has 0 saturated heterocycles. The van der Waals surface area contributed by atoms with Crippen molar-refractivity contribution in [3.8, 4) is 5.69 Å². The summed E-state index contributed by atoms with van der Waals surface area (Å²) in [4.78, 5) is 23.9. The fourth-order valence-electron chi connectivity index (χ4n) is 1.87. The largest absolute Gasteiger partial charge is 0.333 e. The molecule has 2 aromatic rings. The summed E-state index contributed by atoms with van der Waals surface area (Å²) in [6.45, 7) is 7.25. The molecule has 1 aromatic heterocycles. The first-order valence-corrected chi connectivity index (χ1v) is 8.39. The van der Waals surface area contributed by atoms with Gasteiger partial charge >= 0.3 is 6.03 Å². The van der Waals surface area contributed by atoms with Crippen LogP contribution in [-0.4, -0.2) is 37.5 Å². The van der Waals surface area contributed by atoms with Gasteiger partial charge in [0.25, 0.3) is 0 Å². The van der Waals surface area contributed by atoms with E-state index in [4.69, 9.17) is 0 Å². The molecule has 0 spiro atoms. The molecule has 0 aliphatic heterocycles. The van der Waals surface area contributed by atoms with E-state index < -0.39 is 16.8 Å². The van der Waals surface area contributed by atoms with Crippen molar-refractivity contribution in [2.24, 2.45) is 0 Å². The number of benzene rings is 1. The molecule has 2 N–H and O–H groups in total. The number of aromatic nitrogens is 3. The van der Waals surface area contributed by atoms with Gasteiger partial charge in [0.2, 0.25) is 5.91 Å². The summed E-state index contributed by atoms with van der Waals surface area (Å²) in [7, 11) is 0. The van der Waals surface area contributed by atoms with Gasteiger partial charge in [-0.1, -0.05) is 30.0 Å². The van der Waals surface area contributed by atoms with E-state index >= 15 is 0 Å². The van der Waals surface area contributed by atoms with Crippen molar-refractivity contribution in [2.75, 3.05) is 0 Å². The predicted molar refractivity (Wildman–Crippen MR) is 93.1 cm³/mol. The van der Waals surface area contributed by atoms with Crippen LogP contribution in [0.25, 0.3) is 5.69 Å². The molecule has 0 radical (unpaired) electrons. The van der Waals surface area contributed by atoms with Gasteiger partial charge in [0, 0.05) is 11.2 Å². The van der Waals surface area contributed by atoms with Gasteiger partial charge in [-0.25, -0.2) is 4.79 Å². The third kappa shape index (κ3) is 5.09. The standard InChI is InChI=1S/C16H21N5O2S/c1-11(13(22)18-14(23)19-16(2,3)4)24-15-20-17-10-21(15)12-8-6-5-7-9-12/h5-11H,1-4H3,(H2,18,19,22,23)/t11-/m0/s1. The molecule has 1 atom stereocenters. The third-order valence-electron chi connectivity index (χ3n) is 2.93. The summed E-state index contributed by atoms with van der Waals surface area (Å²) >= 11 is 1.24. The maximum Gasteiger partial charge on any atom is 0.321 e. The predicted octanol–water partition coefficient (Wildman–Crippen LogP) is 2.37. The minimum Gasteiger partial charge on any atom is -0.333 e. The summed E-state index contributed by atoms with van der Waals surface area (Å²) in [5, 5.41) is 13.1. The summed E-state index contributed by atoms with van der Waals surface area (Å²) in [6.07, 6.45) is 1.59. The first kappa shape index (κ1) is 18.0. The summed E-state index contributed by atoms with van der Waals surface area (Å²) < 4.78 is 1.80. The number of carbonyl (C=O) groups is 2. The molecule has 0 bridgehead atoms. The van der Waals surface area contributed by atoms with E-state index in [1.807, 2.05) is 51.1 Å². The zero-order valence-electron chi connectivity index (χ0n) is 14.1. The van der Waals surface area contributed by atoms with Crippen LogP contribution in [0, 0.1) is 0 Å². The molecule has 24 heavy (non-hydrogen) atoms. The normalized spacial score (nSPS) is 12.5. The van der Waals surface area contributed by atoms with Crippen LogP contribution >= 0.6 is 11.8 Å². The zero-order chi connectivity index (χ0) is 17.7. The van der Waals surface area contributed by atoms with Crippen molar-refractivity contribution in [1.29, 1.82) is 0 Å². The topological polar surface area (TPSA) is 88.9 Å². The molecule has 0 aliphatic carbocycles. The number of hydrogen-bond acceptors (Lipinski definition) is 5. The molecule has 1 aromatic carbocycles. The van der Waals surface area contributed by atoms with Crippen molar-refractivity contribution >= 4 is 23.7 Å². The maximum absolute atomic E-state index is 12.2. The van der Waals surface area contributed by atoms with Crippen LogP contribution in [0.2, 0.25) is 0 Å². The van der Waals surface area contributed by atoms with Crippen molar-refractivity contribution in [3.63, 3.8) is 0 Å². The highest BCUT2D eigenvalue weighted by atomic mass is 32.2. The first-order valence-electron chi connectivity index (χ1n) is 7.51. The average Bonchev–Trinajstić information content (AvgIpc) is 2.94. The number of imide groups is 1. The van der Waals surface area contributed by atoms with Gasteiger partial charge in [0.15, 0.2) is 5.16 Å².